The Morgan fingerprint density at radius 3 is 1.03 bits per heavy atom. The van der Waals surface area contributed by atoms with Crippen LogP contribution in [0.5, 0.6) is 0 Å². The lowest BCUT2D eigenvalue weighted by Crippen LogP contribution is -2.45. The normalized spacial score (nSPS) is 12.8. The van der Waals surface area contributed by atoms with Crippen molar-refractivity contribution < 1.29 is 24.5 Å². The third kappa shape index (κ3) is 61.0. The zero-order chi connectivity index (χ0) is 55.0. The molecule has 3 N–H and O–H groups in total. The molecule has 0 bridgehead atoms. The fourth-order valence-corrected chi connectivity index (χ4v) is 10.4. The Balaban J connectivity index is 3.41. The van der Waals surface area contributed by atoms with Gasteiger partial charge in [-0.15, -0.1) is 0 Å². The Labute approximate surface area is 474 Å². The molecule has 6 nitrogen and oxygen atoms in total. The zero-order valence-electron chi connectivity index (χ0n) is 51.0. The average Bonchev–Trinajstić information content (AvgIpc) is 3.42. The number of hydrogen-bond acceptors (Lipinski definition) is 5. The van der Waals surface area contributed by atoms with E-state index in [9.17, 15) is 19.8 Å². The van der Waals surface area contributed by atoms with Crippen LogP contribution in [0, 0.1) is 0 Å². The molecule has 446 valence electrons. The van der Waals surface area contributed by atoms with E-state index in [1.165, 1.54) is 283 Å². The summed E-state index contributed by atoms with van der Waals surface area (Å²) in [5, 5.41) is 23.2. The SMILES string of the molecule is CCCCCC/C=C\CCCCCCCC(=O)OCCCCCCCCCCC/C=C\C/C=C\CCCCCCCCCCCCCCCCCC(=O)NC(CO)C(O)/C=C/CCCCCCCCCCCCCCC. The molecule has 0 spiro atoms. The predicted octanol–water partition coefficient (Wildman–Crippen LogP) is 21.7. The number of esters is 1. The molecule has 0 aromatic heterocycles. The Bertz CT molecular complexity index is 1270. The maximum absolute atomic E-state index is 12.5. The van der Waals surface area contributed by atoms with Gasteiger partial charge in [-0.2, -0.15) is 0 Å². The molecule has 0 aliphatic heterocycles. The van der Waals surface area contributed by atoms with Crippen LogP contribution in [0.25, 0.3) is 0 Å². The second kappa shape index (κ2) is 65.3. The average molecular weight is 1070 g/mol. The first-order valence-electron chi connectivity index (χ1n) is 33.9. The highest BCUT2D eigenvalue weighted by Crippen LogP contribution is 2.17. The van der Waals surface area contributed by atoms with E-state index in [0.717, 1.165) is 51.4 Å². The number of aliphatic hydroxyl groups is 2. The van der Waals surface area contributed by atoms with Crippen molar-refractivity contribution in [2.24, 2.45) is 0 Å². The molecule has 0 radical (unpaired) electrons. The van der Waals surface area contributed by atoms with Crippen molar-refractivity contribution in [2.75, 3.05) is 13.2 Å². The third-order valence-electron chi connectivity index (χ3n) is 15.6. The van der Waals surface area contributed by atoms with E-state index in [2.05, 4.69) is 55.6 Å². The van der Waals surface area contributed by atoms with Crippen LogP contribution in [0.15, 0.2) is 48.6 Å². The summed E-state index contributed by atoms with van der Waals surface area (Å²) in [5.41, 5.74) is 0. The number of allylic oxidation sites excluding steroid dienone is 7. The Morgan fingerprint density at radius 1 is 0.368 bits per heavy atom. The van der Waals surface area contributed by atoms with Crippen molar-refractivity contribution in [3.05, 3.63) is 48.6 Å². The minimum Gasteiger partial charge on any atom is -0.466 e. The minimum atomic E-state index is -0.844. The molecule has 0 aromatic rings. The second-order valence-electron chi connectivity index (χ2n) is 23.1. The summed E-state index contributed by atoms with van der Waals surface area (Å²) in [6.07, 6.45) is 84.7. The van der Waals surface area contributed by atoms with Gasteiger partial charge in [0, 0.05) is 12.8 Å². The van der Waals surface area contributed by atoms with Crippen molar-refractivity contribution >= 4 is 11.9 Å². The van der Waals surface area contributed by atoms with Crippen LogP contribution in [0.3, 0.4) is 0 Å². The van der Waals surface area contributed by atoms with E-state index in [-0.39, 0.29) is 18.5 Å². The number of unbranched alkanes of at least 4 members (excludes halogenated alkanes) is 46. The molecule has 0 rings (SSSR count). The largest absolute Gasteiger partial charge is 0.466 e. The van der Waals surface area contributed by atoms with Gasteiger partial charge in [0.15, 0.2) is 0 Å². The molecule has 6 heteroatoms. The molecule has 1 amide bonds. The highest BCUT2D eigenvalue weighted by atomic mass is 16.5. The first-order chi connectivity index (χ1) is 37.5. The van der Waals surface area contributed by atoms with Crippen LogP contribution in [-0.4, -0.2) is 47.4 Å². The van der Waals surface area contributed by atoms with Crippen LogP contribution < -0.4 is 5.32 Å². The third-order valence-corrected chi connectivity index (χ3v) is 15.6. The van der Waals surface area contributed by atoms with Crippen molar-refractivity contribution in [1.29, 1.82) is 0 Å². The maximum Gasteiger partial charge on any atom is 0.305 e. The smallest absolute Gasteiger partial charge is 0.305 e. The summed E-state index contributed by atoms with van der Waals surface area (Å²) < 4.78 is 5.47. The fourth-order valence-electron chi connectivity index (χ4n) is 10.4. The lowest BCUT2D eigenvalue weighted by Gasteiger charge is -2.20. The molecular formula is C70H131NO5. The number of amides is 1. The lowest BCUT2D eigenvalue weighted by atomic mass is 10.0. The van der Waals surface area contributed by atoms with Gasteiger partial charge >= 0.3 is 5.97 Å². The van der Waals surface area contributed by atoms with E-state index < -0.39 is 12.1 Å². The first-order valence-corrected chi connectivity index (χ1v) is 33.9. The van der Waals surface area contributed by atoms with E-state index in [4.69, 9.17) is 4.74 Å². The number of hydrogen-bond donors (Lipinski definition) is 3. The molecule has 76 heavy (non-hydrogen) atoms. The highest BCUT2D eigenvalue weighted by molar-refractivity contribution is 5.76. The molecule has 0 aromatic carbocycles. The second-order valence-corrected chi connectivity index (χ2v) is 23.1. The van der Waals surface area contributed by atoms with Crippen LogP contribution >= 0.6 is 0 Å². The standard InChI is InChI=1S/C70H131NO5/c1-3-5-7-9-11-13-15-17-35-39-42-46-50-54-58-62-68(73)67(66-72)71-69(74)63-59-55-51-47-43-40-36-33-31-29-27-25-23-21-19-18-20-22-24-26-28-30-32-34-37-41-45-49-53-57-61-65-76-70(75)64-60-56-52-48-44-38-16-14-12-10-8-6-4-2/h14,16,20,22,26,28,58,62,67-68,72-73H,3-13,15,17-19,21,23-25,27,29-57,59-61,63-66H2,1-2H3,(H,71,74)/b16-14-,22-20-,28-26-,62-58+. The summed E-state index contributed by atoms with van der Waals surface area (Å²) in [6.45, 7) is 4.90. The summed E-state index contributed by atoms with van der Waals surface area (Å²) in [6, 6.07) is -0.628. The highest BCUT2D eigenvalue weighted by Gasteiger charge is 2.18. The molecule has 0 fully saturated rings. The first kappa shape index (κ1) is 73.8. The van der Waals surface area contributed by atoms with Gasteiger partial charge in [-0.25, -0.2) is 0 Å². The Kier molecular flexibility index (Phi) is 63.5. The van der Waals surface area contributed by atoms with Gasteiger partial charge in [-0.1, -0.05) is 306 Å². The lowest BCUT2D eigenvalue weighted by molar-refractivity contribution is -0.143. The number of carbonyl (C=O) groups is 2. The van der Waals surface area contributed by atoms with E-state index in [1.807, 2.05) is 6.08 Å². The van der Waals surface area contributed by atoms with E-state index >= 15 is 0 Å². The molecular weight excluding hydrogens is 935 g/mol. The van der Waals surface area contributed by atoms with Gasteiger partial charge in [-0.3, -0.25) is 9.59 Å². The summed E-state index contributed by atoms with van der Waals surface area (Å²) >= 11 is 0. The van der Waals surface area contributed by atoms with Crippen LogP contribution in [-0.2, 0) is 14.3 Å². The van der Waals surface area contributed by atoms with E-state index in [0.29, 0.717) is 19.4 Å². The van der Waals surface area contributed by atoms with Crippen molar-refractivity contribution in [1.82, 2.24) is 5.32 Å². The van der Waals surface area contributed by atoms with Gasteiger partial charge < -0.3 is 20.3 Å². The summed E-state index contributed by atoms with van der Waals surface area (Å²) in [4.78, 5) is 24.5. The molecule has 0 heterocycles. The van der Waals surface area contributed by atoms with Gasteiger partial charge in [-0.05, 0) is 89.9 Å². The van der Waals surface area contributed by atoms with Gasteiger partial charge in [0.1, 0.15) is 0 Å². The number of aliphatic hydroxyl groups excluding tert-OH is 2. The minimum absolute atomic E-state index is 0.00348. The molecule has 0 saturated carbocycles. The summed E-state index contributed by atoms with van der Waals surface area (Å²) in [7, 11) is 0. The number of ether oxygens (including phenoxy) is 1. The molecule has 0 aliphatic carbocycles. The van der Waals surface area contributed by atoms with Gasteiger partial charge in [0.25, 0.3) is 0 Å². The molecule has 2 unspecified atom stereocenters. The summed E-state index contributed by atoms with van der Waals surface area (Å²) in [5.74, 6) is -0.0625. The number of carbonyl (C=O) groups excluding carboxylic acids is 2. The maximum atomic E-state index is 12.5. The topological polar surface area (TPSA) is 95.9 Å². The van der Waals surface area contributed by atoms with Crippen molar-refractivity contribution in [3.63, 3.8) is 0 Å². The monoisotopic (exact) mass is 1070 g/mol. The van der Waals surface area contributed by atoms with Gasteiger partial charge in [0.05, 0.1) is 25.4 Å². The van der Waals surface area contributed by atoms with E-state index in [1.54, 1.807) is 6.08 Å². The van der Waals surface area contributed by atoms with Crippen molar-refractivity contribution in [2.45, 2.75) is 373 Å². The Morgan fingerprint density at radius 2 is 0.658 bits per heavy atom. The zero-order valence-corrected chi connectivity index (χ0v) is 51.0. The molecule has 2 atom stereocenters. The fraction of sp³-hybridized carbons (Fsp3) is 0.857. The predicted molar refractivity (Wildman–Crippen MR) is 333 cm³/mol. The molecule has 0 aliphatic rings. The number of rotatable bonds is 63. The molecule has 0 saturated heterocycles. The van der Waals surface area contributed by atoms with Crippen LogP contribution in [0.4, 0.5) is 0 Å². The van der Waals surface area contributed by atoms with Crippen molar-refractivity contribution in [3.8, 4) is 0 Å². The van der Waals surface area contributed by atoms with Crippen LogP contribution in [0.2, 0.25) is 0 Å². The number of nitrogens with one attached hydrogen (secondary N) is 1. The van der Waals surface area contributed by atoms with Gasteiger partial charge in [0.2, 0.25) is 5.91 Å². The quantitative estimate of drug-likeness (QED) is 0.0320. The Hall–Kier alpha value is -2.18. The van der Waals surface area contributed by atoms with Crippen LogP contribution in [0.1, 0.15) is 361 Å².